The highest BCUT2D eigenvalue weighted by molar-refractivity contribution is 5.95. The number of carboxylic acid groups (broad SMARTS) is 2. The second-order valence-electron chi connectivity index (χ2n) is 7.67. The normalized spacial score (nSPS) is 15.1. The van der Waals surface area contributed by atoms with Crippen LogP contribution in [0.25, 0.3) is 0 Å². The van der Waals surface area contributed by atoms with Crippen molar-refractivity contribution in [3.63, 3.8) is 0 Å². The van der Waals surface area contributed by atoms with E-state index in [9.17, 15) is 29.1 Å². The monoisotopic (exact) mass is 489 g/mol. The molecule has 5 atom stereocenters. The molecule has 0 aromatic heterocycles. The summed E-state index contributed by atoms with van der Waals surface area (Å²) in [6.45, 7) is 2.79. The summed E-state index contributed by atoms with van der Waals surface area (Å²) in [6, 6.07) is -5.48. The molecule has 0 fully saturated rings. The molecule has 15 heteroatoms. The van der Waals surface area contributed by atoms with Gasteiger partial charge in [-0.25, -0.2) is 4.79 Å². The number of nitrogens with zero attached hydrogens (tertiary/aromatic N) is 1. The van der Waals surface area contributed by atoms with Gasteiger partial charge >= 0.3 is 11.9 Å². The molecule has 0 aromatic carbocycles. The van der Waals surface area contributed by atoms with Crippen LogP contribution in [0.1, 0.15) is 39.5 Å². The summed E-state index contributed by atoms with van der Waals surface area (Å²) in [6.07, 6.45) is -0.137. The topological polar surface area (TPSA) is 273 Å². The van der Waals surface area contributed by atoms with Gasteiger partial charge in [-0.1, -0.05) is 20.3 Å². The van der Waals surface area contributed by atoms with Crippen molar-refractivity contribution in [2.24, 2.45) is 28.1 Å². The van der Waals surface area contributed by atoms with Gasteiger partial charge in [0.25, 0.3) is 0 Å². The van der Waals surface area contributed by atoms with E-state index in [1.54, 1.807) is 13.8 Å². The number of carbonyl (C=O) groups excluding carboxylic acids is 3. The molecule has 0 aliphatic carbocycles. The van der Waals surface area contributed by atoms with Crippen LogP contribution in [0.4, 0.5) is 0 Å². The van der Waals surface area contributed by atoms with Crippen LogP contribution in [0, 0.1) is 5.92 Å². The zero-order chi connectivity index (χ0) is 26.4. The number of nitrogens with two attached hydrogens (primary N) is 3. The van der Waals surface area contributed by atoms with Crippen molar-refractivity contribution in [2.45, 2.75) is 63.7 Å². The molecule has 0 saturated heterocycles. The predicted octanol–water partition coefficient (Wildman–Crippen LogP) is -3.58. The molecule has 15 nitrogen and oxygen atoms in total. The number of hydrogen-bond donors (Lipinski definition) is 9. The van der Waals surface area contributed by atoms with Crippen molar-refractivity contribution >= 4 is 35.6 Å². The van der Waals surface area contributed by atoms with E-state index >= 15 is 0 Å². The Morgan fingerprint density at radius 3 is 2.00 bits per heavy atom. The lowest BCUT2D eigenvalue weighted by atomic mass is 9.97. The number of nitrogens with one attached hydrogen (secondary N) is 3. The largest absolute Gasteiger partial charge is 0.481 e. The number of aliphatic imine (C=N–C) groups is 1. The first-order valence-corrected chi connectivity index (χ1v) is 10.6. The summed E-state index contributed by atoms with van der Waals surface area (Å²) in [7, 11) is 0. The maximum absolute atomic E-state index is 12.8. The standard InChI is InChI=1S/C19H35N7O8/c1-3-9(2)14(17(32)24-11(18(33)34)5-4-6-23-19(21)22)26-16(31)12(7-13(28)29)25-15(30)10(20)8-27/h9-12,14,27H,3-8,20H2,1-2H3,(H,24,32)(H,25,30)(H,26,31)(H,28,29)(H,33,34)(H4,21,22,23). The Morgan fingerprint density at radius 2 is 1.53 bits per heavy atom. The molecule has 0 aliphatic rings. The van der Waals surface area contributed by atoms with Crippen LogP contribution in [0.5, 0.6) is 0 Å². The lowest BCUT2D eigenvalue weighted by Gasteiger charge is -2.27. The van der Waals surface area contributed by atoms with Gasteiger partial charge < -0.3 is 48.5 Å². The van der Waals surface area contributed by atoms with Crippen molar-refractivity contribution in [3.8, 4) is 0 Å². The van der Waals surface area contributed by atoms with Gasteiger partial charge in [-0.15, -0.1) is 0 Å². The van der Waals surface area contributed by atoms with Crippen LogP contribution in [0.15, 0.2) is 4.99 Å². The van der Waals surface area contributed by atoms with Gasteiger partial charge in [-0.05, 0) is 18.8 Å². The summed E-state index contributed by atoms with van der Waals surface area (Å²) in [4.78, 5) is 63.9. The molecule has 12 N–H and O–H groups in total. The summed E-state index contributed by atoms with van der Waals surface area (Å²) >= 11 is 0. The number of rotatable bonds is 16. The minimum atomic E-state index is -1.59. The number of carbonyl (C=O) groups is 5. The zero-order valence-electron chi connectivity index (χ0n) is 19.2. The number of amides is 3. The van der Waals surface area contributed by atoms with Crippen LogP contribution in [-0.2, 0) is 24.0 Å². The molecule has 0 radical (unpaired) electrons. The minimum absolute atomic E-state index is 0.00969. The Hall–Kier alpha value is -3.46. The van der Waals surface area contributed by atoms with Crippen molar-refractivity contribution in [1.29, 1.82) is 0 Å². The predicted molar refractivity (Wildman–Crippen MR) is 120 cm³/mol. The first-order valence-electron chi connectivity index (χ1n) is 10.6. The van der Waals surface area contributed by atoms with Crippen molar-refractivity contribution in [1.82, 2.24) is 16.0 Å². The van der Waals surface area contributed by atoms with Gasteiger partial charge in [0, 0.05) is 6.54 Å². The zero-order valence-corrected chi connectivity index (χ0v) is 19.2. The Morgan fingerprint density at radius 1 is 0.941 bits per heavy atom. The Labute approximate surface area is 196 Å². The first-order chi connectivity index (χ1) is 15.8. The fourth-order valence-corrected chi connectivity index (χ4v) is 2.72. The molecule has 0 saturated carbocycles. The van der Waals surface area contributed by atoms with E-state index in [0.29, 0.717) is 6.42 Å². The van der Waals surface area contributed by atoms with Crippen LogP contribution in [0.2, 0.25) is 0 Å². The summed E-state index contributed by atoms with van der Waals surface area (Å²) < 4.78 is 0. The molecule has 194 valence electrons. The second-order valence-corrected chi connectivity index (χ2v) is 7.67. The molecule has 0 rings (SSSR count). The SMILES string of the molecule is CCC(C)C(NC(=O)C(CC(=O)O)NC(=O)C(N)CO)C(=O)NC(CCCN=C(N)N)C(=O)O. The van der Waals surface area contributed by atoms with Gasteiger partial charge in [0.2, 0.25) is 17.7 Å². The van der Waals surface area contributed by atoms with E-state index in [-0.39, 0.29) is 25.3 Å². The van der Waals surface area contributed by atoms with E-state index in [4.69, 9.17) is 27.4 Å². The van der Waals surface area contributed by atoms with Crippen LogP contribution in [-0.4, -0.2) is 88.3 Å². The van der Waals surface area contributed by atoms with Crippen LogP contribution in [0.3, 0.4) is 0 Å². The Balaban J connectivity index is 5.48. The Bertz CT molecular complexity index is 757. The number of aliphatic carboxylic acids is 2. The molecular weight excluding hydrogens is 454 g/mol. The van der Waals surface area contributed by atoms with E-state index in [0.717, 1.165) is 0 Å². The third-order valence-corrected chi connectivity index (χ3v) is 4.90. The third-order valence-electron chi connectivity index (χ3n) is 4.90. The third kappa shape index (κ3) is 11.4. The summed E-state index contributed by atoms with van der Waals surface area (Å²) in [5, 5.41) is 34.3. The summed E-state index contributed by atoms with van der Waals surface area (Å²) in [5.74, 6) is -6.08. The highest BCUT2D eigenvalue weighted by atomic mass is 16.4. The Kier molecular flexibility index (Phi) is 13.8. The maximum Gasteiger partial charge on any atom is 0.326 e. The molecule has 0 aliphatic heterocycles. The molecule has 3 amide bonds. The van der Waals surface area contributed by atoms with Gasteiger partial charge in [0.1, 0.15) is 24.2 Å². The first kappa shape index (κ1) is 30.5. The van der Waals surface area contributed by atoms with E-state index in [2.05, 4.69) is 20.9 Å². The van der Waals surface area contributed by atoms with Crippen LogP contribution < -0.4 is 33.2 Å². The van der Waals surface area contributed by atoms with Crippen molar-refractivity contribution < 1.29 is 39.3 Å². The number of guanidine groups is 1. The summed E-state index contributed by atoms with van der Waals surface area (Å²) in [5.41, 5.74) is 15.8. The smallest absolute Gasteiger partial charge is 0.326 e. The number of aliphatic hydroxyl groups excluding tert-OH is 1. The maximum atomic E-state index is 12.8. The second kappa shape index (κ2) is 15.4. The average Bonchev–Trinajstić information content (AvgIpc) is 2.76. The number of carboxylic acids is 2. The van der Waals surface area contributed by atoms with Crippen LogP contribution >= 0.6 is 0 Å². The fraction of sp³-hybridized carbons (Fsp3) is 0.684. The lowest BCUT2D eigenvalue weighted by molar-refractivity contribution is -0.143. The fourth-order valence-electron chi connectivity index (χ4n) is 2.72. The molecule has 5 unspecified atom stereocenters. The van der Waals surface area contributed by atoms with Gasteiger partial charge in [-0.3, -0.25) is 24.2 Å². The molecule has 34 heavy (non-hydrogen) atoms. The van der Waals surface area contributed by atoms with E-state index < -0.39 is 72.8 Å². The molecule has 0 bridgehead atoms. The molecular formula is C19H35N7O8. The van der Waals surface area contributed by atoms with Crippen molar-refractivity contribution in [3.05, 3.63) is 0 Å². The highest BCUT2D eigenvalue weighted by Crippen LogP contribution is 2.10. The molecule has 0 aromatic rings. The molecule has 0 heterocycles. The average molecular weight is 490 g/mol. The van der Waals surface area contributed by atoms with Gasteiger partial charge in [-0.2, -0.15) is 0 Å². The quantitative estimate of drug-likeness (QED) is 0.0580. The van der Waals surface area contributed by atoms with E-state index in [1.165, 1.54) is 0 Å². The van der Waals surface area contributed by atoms with Crippen molar-refractivity contribution in [2.75, 3.05) is 13.2 Å². The lowest BCUT2D eigenvalue weighted by Crippen LogP contribution is -2.59. The number of aliphatic hydroxyl groups is 1. The highest BCUT2D eigenvalue weighted by Gasteiger charge is 2.33. The number of hydrogen-bond acceptors (Lipinski definition) is 8. The minimum Gasteiger partial charge on any atom is -0.481 e. The van der Waals surface area contributed by atoms with E-state index in [1.807, 2.05) is 0 Å². The molecule has 0 spiro atoms. The van der Waals surface area contributed by atoms with Gasteiger partial charge in [0.15, 0.2) is 5.96 Å². The van der Waals surface area contributed by atoms with Gasteiger partial charge in [0.05, 0.1) is 13.0 Å².